The summed E-state index contributed by atoms with van der Waals surface area (Å²) in [7, 11) is -3.76. The number of hydrogen-bond donors (Lipinski definition) is 2. The van der Waals surface area contributed by atoms with Gasteiger partial charge in [0, 0.05) is 22.2 Å². The lowest BCUT2D eigenvalue weighted by molar-refractivity contribution is 0.598. The predicted molar refractivity (Wildman–Crippen MR) is 138 cm³/mol. The number of halogens is 1. The molecule has 0 saturated heterocycles. The Labute approximate surface area is 207 Å². The van der Waals surface area contributed by atoms with E-state index in [1.807, 2.05) is 22.8 Å². The van der Waals surface area contributed by atoms with Crippen LogP contribution in [-0.4, -0.2) is 29.5 Å². The molecule has 5 rings (SSSR count). The van der Waals surface area contributed by atoms with Crippen LogP contribution in [0.4, 0.5) is 0 Å². The Bertz CT molecular complexity index is 1730. The third kappa shape index (κ3) is 4.63. The third-order valence-electron chi connectivity index (χ3n) is 5.63. The fraction of sp³-hybridized carbons (Fsp3) is 0.0769. The summed E-state index contributed by atoms with van der Waals surface area (Å²) in [6.45, 7) is 0.602. The van der Waals surface area contributed by atoms with Crippen LogP contribution in [0.25, 0.3) is 27.6 Å². The van der Waals surface area contributed by atoms with Crippen molar-refractivity contribution in [1.29, 1.82) is 0 Å². The van der Waals surface area contributed by atoms with Crippen LogP contribution in [0.15, 0.2) is 78.1 Å². The molecule has 0 aliphatic carbocycles. The number of nitrogens with two attached hydrogens (primary N) is 2. The smallest absolute Gasteiger partial charge is 0.238 e. The minimum atomic E-state index is -3.76. The van der Waals surface area contributed by atoms with Crippen molar-refractivity contribution in [3.05, 3.63) is 94.9 Å². The van der Waals surface area contributed by atoms with Crippen molar-refractivity contribution in [2.75, 3.05) is 6.54 Å². The molecule has 0 atom stereocenters. The van der Waals surface area contributed by atoms with E-state index in [4.69, 9.17) is 22.5 Å². The quantitative estimate of drug-likeness (QED) is 0.363. The predicted octanol–water partition coefficient (Wildman–Crippen LogP) is 3.78. The molecule has 0 unspecified atom stereocenters. The van der Waals surface area contributed by atoms with Crippen LogP contribution in [0.2, 0.25) is 5.02 Å². The van der Waals surface area contributed by atoms with E-state index in [1.54, 1.807) is 30.7 Å². The highest BCUT2D eigenvalue weighted by Crippen LogP contribution is 2.30. The highest BCUT2D eigenvalue weighted by molar-refractivity contribution is 7.89. The number of benzene rings is 3. The molecule has 0 amide bonds. The lowest BCUT2D eigenvalue weighted by atomic mass is 10.1. The van der Waals surface area contributed by atoms with Crippen LogP contribution in [0.3, 0.4) is 0 Å². The van der Waals surface area contributed by atoms with Crippen LogP contribution in [0, 0.1) is 11.8 Å². The summed E-state index contributed by atoms with van der Waals surface area (Å²) in [5, 5.41) is 6.49. The first-order valence-electron chi connectivity index (χ1n) is 10.7. The number of aromatic nitrogens is 3. The van der Waals surface area contributed by atoms with Crippen LogP contribution >= 0.6 is 11.6 Å². The molecule has 0 aliphatic heterocycles. The van der Waals surface area contributed by atoms with Crippen LogP contribution in [-0.2, 0) is 16.4 Å². The van der Waals surface area contributed by atoms with Crippen LogP contribution in [0.1, 0.15) is 16.7 Å². The van der Waals surface area contributed by atoms with Gasteiger partial charge in [-0.05, 0) is 67.1 Å². The van der Waals surface area contributed by atoms with Gasteiger partial charge in [0.25, 0.3) is 0 Å². The maximum Gasteiger partial charge on any atom is 0.238 e. The highest BCUT2D eigenvalue weighted by Gasteiger charge is 2.12. The van der Waals surface area contributed by atoms with E-state index in [-0.39, 0.29) is 4.90 Å². The van der Waals surface area contributed by atoms with Gasteiger partial charge in [-0.15, -0.1) is 0 Å². The van der Waals surface area contributed by atoms with Crippen molar-refractivity contribution >= 4 is 43.6 Å². The average molecular weight is 502 g/mol. The van der Waals surface area contributed by atoms with E-state index in [0.29, 0.717) is 22.7 Å². The van der Waals surface area contributed by atoms with Gasteiger partial charge in [0.15, 0.2) is 0 Å². The molecular formula is C26H20ClN5O2S. The molecule has 0 fully saturated rings. The van der Waals surface area contributed by atoms with E-state index in [0.717, 1.165) is 34.0 Å². The van der Waals surface area contributed by atoms with Gasteiger partial charge in [-0.25, -0.2) is 18.5 Å². The summed E-state index contributed by atoms with van der Waals surface area (Å²) in [6.07, 6.45) is 4.32. The molecule has 0 spiro atoms. The minimum absolute atomic E-state index is 0.0320. The molecule has 7 nitrogen and oxygen atoms in total. The molecule has 174 valence electrons. The molecule has 2 aromatic heterocycles. The lowest BCUT2D eigenvalue weighted by Gasteiger charge is -2.09. The highest BCUT2D eigenvalue weighted by atomic mass is 35.5. The van der Waals surface area contributed by atoms with Gasteiger partial charge in [0.1, 0.15) is 11.8 Å². The molecule has 0 saturated carbocycles. The molecule has 4 N–H and O–H groups in total. The zero-order valence-electron chi connectivity index (χ0n) is 18.4. The van der Waals surface area contributed by atoms with Crippen molar-refractivity contribution in [1.82, 2.24) is 14.5 Å². The molecule has 35 heavy (non-hydrogen) atoms. The number of rotatable bonds is 4. The summed E-state index contributed by atoms with van der Waals surface area (Å²) < 4.78 is 24.9. The van der Waals surface area contributed by atoms with E-state index >= 15 is 0 Å². The molecule has 3 aromatic carbocycles. The maximum atomic E-state index is 11.5. The number of hydrogen-bond acceptors (Lipinski definition) is 5. The monoisotopic (exact) mass is 501 g/mol. The second kappa shape index (κ2) is 9.13. The Morgan fingerprint density at radius 3 is 2.37 bits per heavy atom. The fourth-order valence-corrected chi connectivity index (χ4v) is 4.58. The normalized spacial score (nSPS) is 11.5. The van der Waals surface area contributed by atoms with E-state index < -0.39 is 10.0 Å². The average Bonchev–Trinajstić information content (AvgIpc) is 3.28. The lowest BCUT2D eigenvalue weighted by Crippen LogP contribution is -2.11. The van der Waals surface area contributed by atoms with E-state index in [9.17, 15) is 8.42 Å². The molecule has 2 heterocycles. The maximum absolute atomic E-state index is 11.5. The molecule has 9 heteroatoms. The Morgan fingerprint density at radius 2 is 1.69 bits per heavy atom. The van der Waals surface area contributed by atoms with Crippen molar-refractivity contribution in [3.63, 3.8) is 0 Å². The first-order chi connectivity index (χ1) is 16.8. The summed E-state index contributed by atoms with van der Waals surface area (Å²) in [6, 6.07) is 17.9. The van der Waals surface area contributed by atoms with Gasteiger partial charge in [-0.3, -0.25) is 9.55 Å². The topological polar surface area (TPSA) is 117 Å². The largest absolute Gasteiger partial charge is 0.330 e. The Morgan fingerprint density at radius 1 is 0.943 bits per heavy atom. The fourth-order valence-electron chi connectivity index (χ4n) is 3.86. The second-order valence-corrected chi connectivity index (χ2v) is 9.95. The summed E-state index contributed by atoms with van der Waals surface area (Å²) in [5.41, 5.74) is 11.4. The van der Waals surface area contributed by atoms with Crippen molar-refractivity contribution in [2.45, 2.75) is 11.3 Å². The van der Waals surface area contributed by atoms with Gasteiger partial charge >= 0.3 is 0 Å². The minimum Gasteiger partial charge on any atom is -0.330 e. The molecule has 0 bridgehead atoms. The van der Waals surface area contributed by atoms with Crippen molar-refractivity contribution < 1.29 is 8.42 Å². The Balaban J connectivity index is 1.60. The van der Waals surface area contributed by atoms with Gasteiger partial charge in [0.05, 0.1) is 27.1 Å². The summed E-state index contributed by atoms with van der Waals surface area (Å²) in [5.74, 6) is 6.11. The molecule has 5 aromatic rings. The molecular weight excluding hydrogens is 482 g/mol. The number of primary sulfonamides is 1. The zero-order chi connectivity index (χ0) is 24.6. The number of imidazole rings is 1. The van der Waals surface area contributed by atoms with Crippen LogP contribution < -0.4 is 10.9 Å². The number of pyridine rings is 1. The zero-order valence-corrected chi connectivity index (χ0v) is 20.0. The standard InChI is InChI=1S/C26H20ClN5O2S/c27-23-14-24-22(13-19(23)6-1-17-4-9-21(10-5-17)35(29,33)34)26-25(15-30-24)31-16-32(26)20-7-2-18(3-8-20)11-12-28/h2-5,7-10,13-16H,11-12,28H2,(H2,29,33,34). The summed E-state index contributed by atoms with van der Waals surface area (Å²) >= 11 is 6.51. The number of nitrogens with zero attached hydrogens (tertiary/aromatic N) is 3. The molecule has 0 radical (unpaired) electrons. The van der Waals surface area contributed by atoms with Gasteiger partial charge < -0.3 is 5.73 Å². The molecule has 0 aliphatic rings. The van der Waals surface area contributed by atoms with Gasteiger partial charge in [-0.1, -0.05) is 35.6 Å². The van der Waals surface area contributed by atoms with Crippen molar-refractivity contribution in [3.8, 4) is 17.5 Å². The first-order valence-corrected chi connectivity index (χ1v) is 12.7. The first kappa shape index (κ1) is 23.0. The van der Waals surface area contributed by atoms with E-state index in [1.165, 1.54) is 17.7 Å². The Hall–Kier alpha value is -3.74. The van der Waals surface area contributed by atoms with Crippen molar-refractivity contribution in [2.24, 2.45) is 10.9 Å². The van der Waals surface area contributed by atoms with Crippen LogP contribution in [0.5, 0.6) is 0 Å². The SMILES string of the molecule is NCCc1ccc(-n2cnc3cnc4cc(Cl)c(C#Cc5ccc(S(N)(=O)=O)cc5)cc4c32)cc1. The third-order valence-corrected chi connectivity index (χ3v) is 6.88. The van der Waals surface area contributed by atoms with E-state index in [2.05, 4.69) is 33.9 Å². The summed E-state index contributed by atoms with van der Waals surface area (Å²) in [4.78, 5) is 9.08. The number of fused-ring (bicyclic) bond motifs is 3. The second-order valence-electron chi connectivity index (χ2n) is 7.98. The van der Waals surface area contributed by atoms with Gasteiger partial charge in [0.2, 0.25) is 10.0 Å². The number of sulfonamides is 1. The van der Waals surface area contributed by atoms with Gasteiger partial charge in [-0.2, -0.15) is 0 Å². The Kier molecular flexibility index (Phi) is 6.01.